The number of rotatable bonds is 2. The maximum atomic E-state index is 6.44. The van der Waals surface area contributed by atoms with Gasteiger partial charge in [0.2, 0.25) is 0 Å². The van der Waals surface area contributed by atoms with Crippen LogP contribution >= 0.6 is 0 Å². The summed E-state index contributed by atoms with van der Waals surface area (Å²) < 4.78 is 5.38. The molecular weight excluding hydrogens is 198 g/mol. The van der Waals surface area contributed by atoms with Crippen LogP contribution in [-0.2, 0) is 19.3 Å². The third-order valence-electron chi connectivity index (χ3n) is 3.31. The monoisotopic (exact) mass is 213 g/mol. The van der Waals surface area contributed by atoms with Crippen molar-refractivity contribution in [1.29, 1.82) is 0 Å². The van der Waals surface area contributed by atoms with Crippen LogP contribution in [0.5, 0.6) is 0 Å². The van der Waals surface area contributed by atoms with E-state index >= 15 is 0 Å². The second kappa shape index (κ2) is 3.49. The van der Waals surface area contributed by atoms with Gasteiger partial charge in [-0.15, -0.1) is 0 Å². The smallest absolute Gasteiger partial charge is 0.105 e. The molecule has 0 radical (unpaired) electrons. The van der Waals surface area contributed by atoms with Crippen molar-refractivity contribution in [2.75, 3.05) is 0 Å². The predicted molar refractivity (Wildman–Crippen MR) is 63.2 cm³/mol. The molecule has 3 rings (SSSR count). The molecule has 1 aliphatic rings. The molecule has 2 heteroatoms. The molecular formula is C14H15NO. The van der Waals surface area contributed by atoms with Gasteiger partial charge in [-0.05, 0) is 36.1 Å². The van der Waals surface area contributed by atoms with Crippen molar-refractivity contribution in [2.24, 2.45) is 5.73 Å². The first-order chi connectivity index (χ1) is 7.75. The number of benzene rings is 1. The van der Waals surface area contributed by atoms with Crippen LogP contribution in [0.3, 0.4) is 0 Å². The molecule has 82 valence electrons. The SMILES string of the molecule is NC1(Cc2ccco2)Cc2ccccc2C1. The molecule has 0 spiro atoms. The Labute approximate surface area is 95.1 Å². The Kier molecular flexibility index (Phi) is 2.11. The first kappa shape index (κ1) is 9.67. The summed E-state index contributed by atoms with van der Waals surface area (Å²) in [7, 11) is 0. The highest BCUT2D eigenvalue weighted by Crippen LogP contribution is 2.30. The van der Waals surface area contributed by atoms with E-state index in [1.54, 1.807) is 6.26 Å². The quantitative estimate of drug-likeness (QED) is 0.831. The molecule has 0 saturated heterocycles. The zero-order chi connectivity index (χ0) is 11.0. The minimum atomic E-state index is -0.165. The van der Waals surface area contributed by atoms with Crippen LogP contribution in [0.2, 0.25) is 0 Å². The fourth-order valence-corrected chi connectivity index (χ4v) is 2.61. The summed E-state index contributed by atoms with van der Waals surface area (Å²) in [4.78, 5) is 0. The van der Waals surface area contributed by atoms with Crippen molar-refractivity contribution in [2.45, 2.75) is 24.8 Å². The van der Waals surface area contributed by atoms with Crippen molar-refractivity contribution in [3.63, 3.8) is 0 Å². The summed E-state index contributed by atoms with van der Waals surface area (Å²) in [6.45, 7) is 0. The Morgan fingerprint density at radius 2 is 1.75 bits per heavy atom. The molecule has 0 bridgehead atoms. The van der Waals surface area contributed by atoms with Gasteiger partial charge in [-0.3, -0.25) is 0 Å². The van der Waals surface area contributed by atoms with E-state index in [0.29, 0.717) is 0 Å². The van der Waals surface area contributed by atoms with E-state index in [9.17, 15) is 0 Å². The highest BCUT2D eigenvalue weighted by molar-refractivity contribution is 5.36. The van der Waals surface area contributed by atoms with Crippen molar-refractivity contribution >= 4 is 0 Å². The van der Waals surface area contributed by atoms with Crippen LogP contribution in [0.15, 0.2) is 47.1 Å². The highest BCUT2D eigenvalue weighted by Gasteiger charge is 2.33. The summed E-state index contributed by atoms with van der Waals surface area (Å²) >= 11 is 0. The van der Waals surface area contributed by atoms with Gasteiger partial charge in [0.15, 0.2) is 0 Å². The molecule has 0 atom stereocenters. The van der Waals surface area contributed by atoms with E-state index in [1.807, 2.05) is 12.1 Å². The van der Waals surface area contributed by atoms with E-state index < -0.39 is 0 Å². The molecule has 0 aliphatic heterocycles. The standard InChI is InChI=1S/C14H15NO/c15-14(10-13-6-3-7-16-13)8-11-4-1-2-5-12(11)9-14/h1-7H,8-10,15H2. The van der Waals surface area contributed by atoms with Gasteiger partial charge >= 0.3 is 0 Å². The van der Waals surface area contributed by atoms with E-state index in [0.717, 1.165) is 25.0 Å². The van der Waals surface area contributed by atoms with Crippen LogP contribution in [0.1, 0.15) is 16.9 Å². The molecule has 0 fully saturated rings. The lowest BCUT2D eigenvalue weighted by atomic mass is 9.92. The fraction of sp³-hybridized carbons (Fsp3) is 0.286. The molecule has 0 saturated carbocycles. The lowest BCUT2D eigenvalue weighted by Gasteiger charge is -2.22. The molecule has 1 aromatic carbocycles. The van der Waals surface area contributed by atoms with E-state index in [1.165, 1.54) is 11.1 Å². The zero-order valence-corrected chi connectivity index (χ0v) is 9.15. The molecule has 2 N–H and O–H groups in total. The number of fused-ring (bicyclic) bond motifs is 1. The predicted octanol–water partition coefficient (Wildman–Crippen LogP) is 2.32. The molecule has 2 nitrogen and oxygen atoms in total. The summed E-state index contributed by atoms with van der Waals surface area (Å²) in [5.41, 5.74) is 9.05. The summed E-state index contributed by atoms with van der Waals surface area (Å²) in [5, 5.41) is 0. The minimum absolute atomic E-state index is 0.165. The van der Waals surface area contributed by atoms with Crippen molar-refractivity contribution in [3.05, 3.63) is 59.5 Å². The van der Waals surface area contributed by atoms with Crippen LogP contribution in [0.25, 0.3) is 0 Å². The maximum Gasteiger partial charge on any atom is 0.105 e. The van der Waals surface area contributed by atoms with Gasteiger partial charge in [0.05, 0.1) is 6.26 Å². The van der Waals surface area contributed by atoms with E-state index in [2.05, 4.69) is 24.3 Å². The second-order valence-electron chi connectivity index (χ2n) is 4.74. The zero-order valence-electron chi connectivity index (χ0n) is 9.15. The second-order valence-corrected chi connectivity index (χ2v) is 4.74. The number of hydrogen-bond acceptors (Lipinski definition) is 2. The van der Waals surface area contributed by atoms with Crippen molar-refractivity contribution in [3.8, 4) is 0 Å². The van der Waals surface area contributed by atoms with Gasteiger partial charge in [-0.1, -0.05) is 24.3 Å². The molecule has 1 aromatic heterocycles. The number of furan rings is 1. The Hall–Kier alpha value is -1.54. The molecule has 1 heterocycles. The van der Waals surface area contributed by atoms with Crippen LogP contribution in [-0.4, -0.2) is 5.54 Å². The first-order valence-corrected chi connectivity index (χ1v) is 5.63. The molecule has 2 aromatic rings. The average molecular weight is 213 g/mol. The number of nitrogens with two attached hydrogens (primary N) is 1. The molecule has 1 aliphatic carbocycles. The van der Waals surface area contributed by atoms with Gasteiger partial charge in [0.25, 0.3) is 0 Å². The van der Waals surface area contributed by atoms with Gasteiger partial charge < -0.3 is 10.2 Å². The van der Waals surface area contributed by atoms with Gasteiger partial charge in [0, 0.05) is 12.0 Å². The van der Waals surface area contributed by atoms with Crippen LogP contribution in [0.4, 0.5) is 0 Å². The Morgan fingerprint density at radius 3 is 2.31 bits per heavy atom. The van der Waals surface area contributed by atoms with Crippen LogP contribution < -0.4 is 5.73 Å². The number of hydrogen-bond donors (Lipinski definition) is 1. The van der Waals surface area contributed by atoms with Crippen molar-refractivity contribution < 1.29 is 4.42 Å². The van der Waals surface area contributed by atoms with Crippen LogP contribution in [0, 0.1) is 0 Å². The lowest BCUT2D eigenvalue weighted by Crippen LogP contribution is -2.42. The fourth-order valence-electron chi connectivity index (χ4n) is 2.61. The Balaban J connectivity index is 1.83. The Morgan fingerprint density at radius 1 is 1.06 bits per heavy atom. The highest BCUT2D eigenvalue weighted by atomic mass is 16.3. The Bertz CT molecular complexity index is 457. The molecule has 0 amide bonds. The van der Waals surface area contributed by atoms with E-state index in [4.69, 9.17) is 10.2 Å². The minimum Gasteiger partial charge on any atom is -0.469 e. The maximum absolute atomic E-state index is 6.44. The largest absolute Gasteiger partial charge is 0.469 e. The summed E-state index contributed by atoms with van der Waals surface area (Å²) in [6.07, 6.45) is 4.42. The third kappa shape index (κ3) is 1.65. The molecule has 0 unspecified atom stereocenters. The van der Waals surface area contributed by atoms with Crippen molar-refractivity contribution in [1.82, 2.24) is 0 Å². The summed E-state index contributed by atoms with van der Waals surface area (Å²) in [6, 6.07) is 12.4. The van der Waals surface area contributed by atoms with E-state index in [-0.39, 0.29) is 5.54 Å². The van der Waals surface area contributed by atoms with Gasteiger partial charge in [0.1, 0.15) is 5.76 Å². The molecule has 16 heavy (non-hydrogen) atoms. The normalized spacial score (nSPS) is 17.3. The topological polar surface area (TPSA) is 39.2 Å². The van der Waals surface area contributed by atoms with Gasteiger partial charge in [-0.25, -0.2) is 0 Å². The first-order valence-electron chi connectivity index (χ1n) is 5.63. The summed E-state index contributed by atoms with van der Waals surface area (Å²) in [5.74, 6) is 0.982. The average Bonchev–Trinajstić information content (AvgIpc) is 2.83. The third-order valence-corrected chi connectivity index (χ3v) is 3.31. The van der Waals surface area contributed by atoms with Gasteiger partial charge in [-0.2, -0.15) is 0 Å². The lowest BCUT2D eigenvalue weighted by molar-refractivity contribution is 0.392.